The molecule has 0 radical (unpaired) electrons. The fourth-order valence-electron chi connectivity index (χ4n) is 2.55. The first-order valence-corrected chi connectivity index (χ1v) is 5.96. The zero-order chi connectivity index (χ0) is 12.9. The number of ketones is 2. The Morgan fingerprint density at radius 3 is 2.33 bits per heavy atom. The lowest BCUT2D eigenvalue weighted by Gasteiger charge is -2.11. The summed E-state index contributed by atoms with van der Waals surface area (Å²) in [5.41, 5.74) is 1.88. The van der Waals surface area contributed by atoms with Crippen molar-refractivity contribution in [3.05, 3.63) is 52.6 Å². The third kappa shape index (κ3) is 1.23. The molecule has 1 heterocycles. The highest BCUT2D eigenvalue weighted by molar-refractivity contribution is 6.26. The van der Waals surface area contributed by atoms with Crippen molar-refractivity contribution in [1.82, 2.24) is 4.98 Å². The van der Waals surface area contributed by atoms with Gasteiger partial charge in [0.1, 0.15) is 0 Å². The summed E-state index contributed by atoms with van der Waals surface area (Å²) in [6.45, 7) is 4.49. The molecular weight excluding hydrogens is 228 g/mol. The van der Waals surface area contributed by atoms with Crippen LogP contribution >= 0.6 is 0 Å². The molecule has 0 bridgehead atoms. The van der Waals surface area contributed by atoms with Crippen LogP contribution in [-0.2, 0) is 6.54 Å². The predicted octanol–water partition coefficient (Wildman–Crippen LogP) is 1.41. The first kappa shape index (κ1) is 10.9. The smallest absolute Gasteiger partial charge is 0.252 e. The molecule has 0 atom stereocenters. The highest BCUT2D eigenvalue weighted by atomic mass is 16.1. The number of fused-ring (bicyclic) bond motifs is 2. The van der Waals surface area contributed by atoms with E-state index in [9.17, 15) is 9.59 Å². The second-order valence-corrected chi connectivity index (χ2v) is 4.38. The van der Waals surface area contributed by atoms with Gasteiger partial charge in [0.05, 0.1) is 6.54 Å². The normalized spacial score (nSPS) is 13.4. The van der Waals surface area contributed by atoms with Gasteiger partial charge in [-0.15, -0.1) is 0 Å². The molecule has 0 fully saturated rings. The quantitative estimate of drug-likeness (QED) is 0.655. The number of nitrogens with one attached hydrogen (secondary N) is 1. The highest BCUT2D eigenvalue weighted by Crippen LogP contribution is 2.24. The average Bonchev–Trinajstić information content (AvgIpc) is 2.73. The van der Waals surface area contributed by atoms with Crippen LogP contribution in [0.2, 0.25) is 0 Å². The molecule has 0 aliphatic heterocycles. The molecule has 1 aliphatic carbocycles. The molecule has 4 nitrogen and oxygen atoms in total. The van der Waals surface area contributed by atoms with E-state index in [-0.39, 0.29) is 11.6 Å². The summed E-state index contributed by atoms with van der Waals surface area (Å²) in [4.78, 5) is 27.8. The summed E-state index contributed by atoms with van der Waals surface area (Å²) in [6, 6.07) is 6.97. The minimum absolute atomic E-state index is 0.0774. The molecule has 1 N–H and O–H groups in total. The monoisotopic (exact) mass is 241 g/mol. The molecule has 0 saturated heterocycles. The summed E-state index contributed by atoms with van der Waals surface area (Å²) >= 11 is 0. The Kier molecular flexibility index (Phi) is 2.20. The van der Waals surface area contributed by atoms with Crippen LogP contribution in [0.5, 0.6) is 0 Å². The number of rotatable bonds is 1. The van der Waals surface area contributed by atoms with Crippen molar-refractivity contribution < 1.29 is 14.2 Å². The van der Waals surface area contributed by atoms with Gasteiger partial charge >= 0.3 is 0 Å². The second kappa shape index (κ2) is 3.63. The van der Waals surface area contributed by atoms with E-state index in [1.165, 1.54) is 0 Å². The molecule has 0 spiro atoms. The SMILES string of the molecule is CC[n+]1c(C)[nH]c2c1C(=O)c1ccccc1C2=O. The van der Waals surface area contributed by atoms with Gasteiger partial charge in [0.15, 0.2) is 0 Å². The largest absolute Gasteiger partial charge is 0.284 e. The van der Waals surface area contributed by atoms with Crippen LogP contribution in [0, 0.1) is 6.92 Å². The molecule has 0 amide bonds. The molecule has 1 aliphatic rings. The number of benzene rings is 1. The number of aryl methyl sites for hydroxylation is 1. The van der Waals surface area contributed by atoms with Gasteiger partial charge in [-0.2, -0.15) is 0 Å². The molecule has 0 unspecified atom stereocenters. The average molecular weight is 241 g/mol. The number of hydrogen-bond donors (Lipinski definition) is 1. The number of aromatic nitrogens is 2. The third-order valence-electron chi connectivity index (χ3n) is 3.39. The van der Waals surface area contributed by atoms with Crippen molar-refractivity contribution >= 4 is 11.6 Å². The van der Waals surface area contributed by atoms with Crippen LogP contribution in [0.25, 0.3) is 0 Å². The molecule has 1 aromatic carbocycles. The highest BCUT2D eigenvalue weighted by Gasteiger charge is 2.39. The third-order valence-corrected chi connectivity index (χ3v) is 3.39. The van der Waals surface area contributed by atoms with Crippen molar-refractivity contribution in [2.24, 2.45) is 0 Å². The number of aromatic amines is 1. The minimum atomic E-state index is -0.101. The summed E-state index contributed by atoms with van der Waals surface area (Å²) in [5.74, 6) is 0.652. The zero-order valence-corrected chi connectivity index (χ0v) is 10.3. The van der Waals surface area contributed by atoms with E-state index >= 15 is 0 Å². The molecule has 2 aromatic rings. The fraction of sp³-hybridized carbons (Fsp3) is 0.214. The van der Waals surface area contributed by atoms with E-state index in [2.05, 4.69) is 4.98 Å². The van der Waals surface area contributed by atoms with Gasteiger partial charge in [-0.25, -0.2) is 9.55 Å². The van der Waals surface area contributed by atoms with Gasteiger partial charge < -0.3 is 0 Å². The lowest BCUT2D eigenvalue weighted by Crippen LogP contribution is -2.42. The first-order chi connectivity index (χ1) is 8.65. The van der Waals surface area contributed by atoms with E-state index < -0.39 is 0 Å². The fourth-order valence-corrected chi connectivity index (χ4v) is 2.55. The van der Waals surface area contributed by atoms with E-state index in [0.717, 1.165) is 5.82 Å². The standard InChI is InChI=1S/C14H12N2O2/c1-3-16-8(2)15-11-12(16)14(18)10-7-5-4-6-9(10)13(11)17/h4-7H,3H2,1-2H3/p+1. The van der Waals surface area contributed by atoms with Crippen molar-refractivity contribution in [2.45, 2.75) is 20.4 Å². The molecule has 3 rings (SSSR count). The van der Waals surface area contributed by atoms with Crippen molar-refractivity contribution in [1.29, 1.82) is 0 Å². The van der Waals surface area contributed by atoms with Gasteiger partial charge in [-0.05, 0) is 6.92 Å². The molecular formula is C14H13N2O2+. The number of H-pyrrole nitrogens is 1. The Morgan fingerprint density at radius 1 is 1.11 bits per heavy atom. The van der Waals surface area contributed by atoms with Gasteiger partial charge in [0, 0.05) is 18.1 Å². The molecule has 0 saturated carbocycles. The Balaban J connectivity index is 2.34. The predicted molar refractivity (Wildman–Crippen MR) is 64.7 cm³/mol. The van der Waals surface area contributed by atoms with Crippen LogP contribution in [-0.4, -0.2) is 16.6 Å². The maximum atomic E-state index is 12.5. The van der Waals surface area contributed by atoms with E-state index in [1.807, 2.05) is 18.4 Å². The number of carbonyl (C=O) groups is 2. The Labute approximate surface area is 104 Å². The molecule has 90 valence electrons. The van der Waals surface area contributed by atoms with Crippen LogP contribution in [0.15, 0.2) is 24.3 Å². The van der Waals surface area contributed by atoms with Crippen molar-refractivity contribution in [3.8, 4) is 0 Å². The van der Waals surface area contributed by atoms with Crippen LogP contribution < -0.4 is 4.57 Å². The summed E-state index contributed by atoms with van der Waals surface area (Å²) < 4.78 is 1.85. The van der Waals surface area contributed by atoms with Gasteiger partial charge in [0.25, 0.3) is 5.82 Å². The van der Waals surface area contributed by atoms with Crippen LogP contribution in [0.4, 0.5) is 0 Å². The molecule has 1 aromatic heterocycles. The lowest BCUT2D eigenvalue weighted by molar-refractivity contribution is -0.699. The van der Waals surface area contributed by atoms with E-state index in [4.69, 9.17) is 0 Å². The first-order valence-electron chi connectivity index (χ1n) is 5.96. The number of hydrogen-bond acceptors (Lipinski definition) is 2. The number of nitrogens with zero attached hydrogens (tertiary/aromatic N) is 1. The zero-order valence-electron chi connectivity index (χ0n) is 10.3. The molecule has 18 heavy (non-hydrogen) atoms. The number of imidazole rings is 1. The van der Waals surface area contributed by atoms with Crippen LogP contribution in [0.3, 0.4) is 0 Å². The summed E-state index contributed by atoms with van der Waals surface area (Å²) in [5, 5.41) is 0. The second-order valence-electron chi connectivity index (χ2n) is 4.38. The number of carbonyl (C=O) groups excluding carboxylic acids is 2. The maximum absolute atomic E-state index is 12.5. The van der Waals surface area contributed by atoms with E-state index in [1.54, 1.807) is 24.3 Å². The lowest BCUT2D eigenvalue weighted by atomic mass is 9.90. The Hall–Kier alpha value is -2.23. The Morgan fingerprint density at radius 2 is 1.72 bits per heavy atom. The van der Waals surface area contributed by atoms with Gasteiger partial charge in [-0.3, -0.25) is 9.59 Å². The van der Waals surface area contributed by atoms with E-state index in [0.29, 0.717) is 29.1 Å². The Bertz CT molecular complexity index is 683. The summed E-state index contributed by atoms with van der Waals surface area (Å²) in [6.07, 6.45) is 0. The van der Waals surface area contributed by atoms with Gasteiger partial charge in [-0.1, -0.05) is 24.3 Å². The van der Waals surface area contributed by atoms with Gasteiger partial charge in [0.2, 0.25) is 23.0 Å². The molecule has 4 heteroatoms. The minimum Gasteiger partial charge on any atom is -0.284 e. The van der Waals surface area contributed by atoms with Crippen molar-refractivity contribution in [3.63, 3.8) is 0 Å². The topological polar surface area (TPSA) is 53.8 Å². The van der Waals surface area contributed by atoms with Crippen molar-refractivity contribution in [2.75, 3.05) is 0 Å². The van der Waals surface area contributed by atoms with Crippen LogP contribution in [0.1, 0.15) is 44.9 Å². The summed E-state index contributed by atoms with van der Waals surface area (Å²) in [7, 11) is 0. The maximum Gasteiger partial charge on any atom is 0.252 e.